The molecule has 9 heteroatoms. The summed E-state index contributed by atoms with van der Waals surface area (Å²) in [5.74, 6) is 1.51. The van der Waals surface area contributed by atoms with Gasteiger partial charge in [-0.2, -0.15) is 0 Å². The molecule has 7 nitrogen and oxygen atoms in total. The van der Waals surface area contributed by atoms with Crippen molar-refractivity contribution in [3.8, 4) is 11.5 Å². The van der Waals surface area contributed by atoms with Gasteiger partial charge in [0.05, 0.1) is 4.90 Å². The fraction of sp³-hybridized carbons (Fsp3) is 0.211. The summed E-state index contributed by atoms with van der Waals surface area (Å²) in [5, 5.41) is 6.73. The molecular weight excluding hydrogens is 398 g/mol. The number of hydrogen-bond donors (Lipinski definition) is 2. The predicted molar refractivity (Wildman–Crippen MR) is 112 cm³/mol. The lowest BCUT2D eigenvalue weighted by Gasteiger charge is -2.13. The first-order valence-corrected chi connectivity index (χ1v) is 10.8. The molecule has 0 saturated heterocycles. The van der Waals surface area contributed by atoms with E-state index in [1.807, 2.05) is 13.8 Å². The molecule has 3 aromatic rings. The van der Waals surface area contributed by atoms with Gasteiger partial charge in [0.1, 0.15) is 22.5 Å². The zero-order chi connectivity index (χ0) is 20.3. The highest BCUT2D eigenvalue weighted by Crippen LogP contribution is 2.24. The van der Waals surface area contributed by atoms with Crippen molar-refractivity contribution in [2.75, 3.05) is 16.9 Å². The average Bonchev–Trinajstić information content (AvgIpc) is 2.60. The average molecular weight is 418 g/mol. The fourth-order valence-electron chi connectivity index (χ4n) is 2.48. The van der Waals surface area contributed by atoms with Crippen molar-refractivity contribution in [1.29, 1.82) is 0 Å². The van der Waals surface area contributed by atoms with Gasteiger partial charge in [-0.1, -0.05) is 23.7 Å². The SMILES string of the molecule is CC(C)Nc1cc(Nc2cccc(S(C)(=O)=O)c2)nc(-c2cccc(Cl)n2)n1. The van der Waals surface area contributed by atoms with Crippen LogP contribution in [0, 0.1) is 0 Å². The third-order valence-corrected chi connectivity index (χ3v) is 4.96. The molecule has 0 radical (unpaired) electrons. The maximum Gasteiger partial charge on any atom is 0.182 e. The Morgan fingerprint density at radius 2 is 1.68 bits per heavy atom. The molecule has 3 rings (SSSR count). The summed E-state index contributed by atoms with van der Waals surface area (Å²) in [6, 6.07) is 13.7. The van der Waals surface area contributed by atoms with E-state index in [2.05, 4.69) is 25.6 Å². The molecule has 0 unspecified atom stereocenters. The van der Waals surface area contributed by atoms with Gasteiger partial charge < -0.3 is 10.6 Å². The first-order chi connectivity index (χ1) is 13.2. The maximum absolute atomic E-state index is 11.8. The van der Waals surface area contributed by atoms with Crippen molar-refractivity contribution in [2.24, 2.45) is 0 Å². The van der Waals surface area contributed by atoms with Crippen molar-refractivity contribution in [3.63, 3.8) is 0 Å². The van der Waals surface area contributed by atoms with Crippen molar-refractivity contribution in [2.45, 2.75) is 24.8 Å². The van der Waals surface area contributed by atoms with Gasteiger partial charge in [-0.15, -0.1) is 0 Å². The molecule has 0 bridgehead atoms. The number of halogens is 1. The van der Waals surface area contributed by atoms with Gasteiger partial charge >= 0.3 is 0 Å². The molecule has 0 aliphatic carbocycles. The van der Waals surface area contributed by atoms with E-state index in [0.29, 0.717) is 34.0 Å². The summed E-state index contributed by atoms with van der Waals surface area (Å²) < 4.78 is 23.6. The lowest BCUT2D eigenvalue weighted by atomic mass is 10.3. The summed E-state index contributed by atoms with van der Waals surface area (Å²) >= 11 is 5.99. The Hall–Kier alpha value is -2.71. The van der Waals surface area contributed by atoms with E-state index >= 15 is 0 Å². The molecular formula is C19H20ClN5O2S. The minimum atomic E-state index is -3.31. The molecule has 0 saturated carbocycles. The van der Waals surface area contributed by atoms with E-state index in [4.69, 9.17) is 11.6 Å². The minimum absolute atomic E-state index is 0.163. The summed E-state index contributed by atoms with van der Waals surface area (Å²) in [5.41, 5.74) is 1.13. The monoisotopic (exact) mass is 417 g/mol. The van der Waals surface area contributed by atoms with Gasteiger partial charge in [0.2, 0.25) is 0 Å². The Balaban J connectivity index is 2.01. The van der Waals surface area contributed by atoms with Crippen LogP contribution in [0.15, 0.2) is 53.4 Å². The molecule has 0 aliphatic heterocycles. The number of hydrogen-bond acceptors (Lipinski definition) is 7. The lowest BCUT2D eigenvalue weighted by Crippen LogP contribution is -2.12. The first-order valence-electron chi connectivity index (χ1n) is 8.56. The number of nitrogens with one attached hydrogen (secondary N) is 2. The Kier molecular flexibility index (Phi) is 5.81. The molecule has 0 aliphatic rings. The Morgan fingerprint density at radius 3 is 2.36 bits per heavy atom. The van der Waals surface area contributed by atoms with Gasteiger partial charge in [-0.25, -0.2) is 23.4 Å². The van der Waals surface area contributed by atoms with Crippen LogP contribution >= 0.6 is 11.6 Å². The molecule has 0 spiro atoms. The van der Waals surface area contributed by atoms with Gasteiger partial charge in [0, 0.05) is 24.1 Å². The van der Waals surface area contributed by atoms with E-state index in [9.17, 15) is 8.42 Å². The second-order valence-electron chi connectivity index (χ2n) is 6.53. The molecule has 0 fully saturated rings. The zero-order valence-electron chi connectivity index (χ0n) is 15.6. The van der Waals surface area contributed by atoms with Crippen LogP contribution in [0.4, 0.5) is 17.3 Å². The Morgan fingerprint density at radius 1 is 0.964 bits per heavy atom. The number of benzene rings is 1. The molecule has 2 heterocycles. The fourth-order valence-corrected chi connectivity index (χ4v) is 3.31. The highest BCUT2D eigenvalue weighted by molar-refractivity contribution is 7.90. The standard InChI is InChI=1S/C19H20ClN5O2S/c1-12(2)21-17-11-18(22-13-6-4-7-14(10-13)28(3,26)27)25-19(24-17)15-8-5-9-16(20)23-15/h4-12H,1-3H3,(H2,21,22,24,25). The normalized spacial score (nSPS) is 11.5. The third-order valence-electron chi connectivity index (χ3n) is 3.64. The van der Waals surface area contributed by atoms with Gasteiger partial charge in [-0.05, 0) is 44.2 Å². The summed E-state index contributed by atoms with van der Waals surface area (Å²) in [6.07, 6.45) is 1.17. The largest absolute Gasteiger partial charge is 0.368 e. The number of pyridine rings is 1. The zero-order valence-corrected chi connectivity index (χ0v) is 17.2. The van der Waals surface area contributed by atoms with E-state index in [1.165, 1.54) is 6.26 Å². The molecule has 28 heavy (non-hydrogen) atoms. The lowest BCUT2D eigenvalue weighted by molar-refractivity contribution is 0.602. The van der Waals surface area contributed by atoms with Crippen LogP contribution < -0.4 is 10.6 Å². The van der Waals surface area contributed by atoms with Crippen molar-refractivity contribution in [1.82, 2.24) is 15.0 Å². The van der Waals surface area contributed by atoms with Crippen molar-refractivity contribution < 1.29 is 8.42 Å². The maximum atomic E-state index is 11.8. The number of rotatable bonds is 6. The Bertz CT molecular complexity index is 1100. The molecule has 2 aromatic heterocycles. The van der Waals surface area contributed by atoms with Crippen LogP contribution in [0.2, 0.25) is 5.15 Å². The number of nitrogens with zero attached hydrogens (tertiary/aromatic N) is 3. The predicted octanol–water partition coefficient (Wildman–Crippen LogP) is 4.16. The van der Waals surface area contributed by atoms with Crippen LogP contribution in [0.25, 0.3) is 11.5 Å². The van der Waals surface area contributed by atoms with E-state index in [1.54, 1.807) is 48.5 Å². The topological polar surface area (TPSA) is 96.9 Å². The van der Waals surface area contributed by atoms with Crippen LogP contribution in [-0.4, -0.2) is 35.7 Å². The van der Waals surface area contributed by atoms with Crippen LogP contribution in [-0.2, 0) is 9.84 Å². The van der Waals surface area contributed by atoms with E-state index in [0.717, 1.165) is 0 Å². The summed E-state index contributed by atoms with van der Waals surface area (Å²) in [7, 11) is -3.31. The van der Waals surface area contributed by atoms with Crippen LogP contribution in [0.1, 0.15) is 13.8 Å². The van der Waals surface area contributed by atoms with Crippen molar-refractivity contribution in [3.05, 3.63) is 53.7 Å². The van der Waals surface area contributed by atoms with E-state index in [-0.39, 0.29) is 10.9 Å². The summed E-state index contributed by atoms with van der Waals surface area (Å²) in [4.78, 5) is 13.5. The van der Waals surface area contributed by atoms with Gasteiger partial charge in [-0.3, -0.25) is 0 Å². The molecule has 2 N–H and O–H groups in total. The smallest absolute Gasteiger partial charge is 0.182 e. The third kappa shape index (κ3) is 5.17. The number of aromatic nitrogens is 3. The summed E-state index contributed by atoms with van der Waals surface area (Å²) in [6.45, 7) is 4.00. The van der Waals surface area contributed by atoms with E-state index < -0.39 is 9.84 Å². The highest BCUT2D eigenvalue weighted by atomic mass is 35.5. The molecule has 1 aromatic carbocycles. The molecule has 0 atom stereocenters. The first kappa shape index (κ1) is 20.0. The second kappa shape index (κ2) is 8.12. The number of anilines is 3. The number of sulfone groups is 1. The van der Waals surface area contributed by atoms with Crippen LogP contribution in [0.3, 0.4) is 0 Å². The van der Waals surface area contributed by atoms with Crippen molar-refractivity contribution >= 4 is 38.8 Å². The van der Waals surface area contributed by atoms with Gasteiger partial charge in [0.15, 0.2) is 15.7 Å². The second-order valence-corrected chi connectivity index (χ2v) is 8.93. The molecule has 0 amide bonds. The molecule has 146 valence electrons. The van der Waals surface area contributed by atoms with Gasteiger partial charge in [0.25, 0.3) is 0 Å². The minimum Gasteiger partial charge on any atom is -0.368 e. The van der Waals surface area contributed by atoms with Crippen LogP contribution in [0.5, 0.6) is 0 Å². The highest BCUT2D eigenvalue weighted by Gasteiger charge is 2.12. The Labute approximate surface area is 169 Å². The quantitative estimate of drug-likeness (QED) is 0.581.